The second-order valence-corrected chi connectivity index (χ2v) is 21.9. The fraction of sp³-hybridized carbons (Fsp3) is 0.784. The lowest BCUT2D eigenvalue weighted by atomic mass is 9.68. The van der Waals surface area contributed by atoms with Crippen molar-refractivity contribution in [1.82, 2.24) is 34.3 Å². The van der Waals surface area contributed by atoms with Crippen LogP contribution in [0.25, 0.3) is 10.9 Å². The molecule has 2 aromatic heterocycles. The third kappa shape index (κ3) is 12.3. The molecule has 0 amide bonds. The Balaban J connectivity index is 1.26. The number of aromatic nitrogens is 5. The average molecular weight is 1000 g/mol. The second-order valence-electron chi connectivity index (χ2n) is 21.9. The van der Waals surface area contributed by atoms with Gasteiger partial charge >= 0.3 is 11.7 Å². The zero-order valence-corrected chi connectivity index (χ0v) is 44.1. The molecule has 5 heterocycles. The first-order valence-electron chi connectivity index (χ1n) is 25.5. The minimum Gasteiger partial charge on any atom is -0.459 e. The van der Waals surface area contributed by atoms with Gasteiger partial charge in [0.2, 0.25) is 0 Å². The van der Waals surface area contributed by atoms with E-state index >= 15 is 0 Å². The van der Waals surface area contributed by atoms with Gasteiger partial charge < -0.3 is 64.0 Å². The van der Waals surface area contributed by atoms with Crippen LogP contribution in [0.4, 0.5) is 0 Å². The van der Waals surface area contributed by atoms with E-state index in [1.807, 2.05) is 44.7 Å². The first kappa shape index (κ1) is 56.6. The molecule has 6 N–H and O–H groups in total. The molecule has 71 heavy (non-hydrogen) atoms. The van der Waals surface area contributed by atoms with Crippen LogP contribution in [-0.2, 0) is 48.0 Å². The molecule has 18 atom stereocenters. The zero-order chi connectivity index (χ0) is 52.5. The smallest absolute Gasteiger partial charge is 0.328 e. The predicted octanol–water partition coefficient (Wildman–Crippen LogP) is 2.08. The van der Waals surface area contributed by atoms with E-state index in [2.05, 4.69) is 15.3 Å². The Morgan fingerprint density at radius 2 is 1.65 bits per heavy atom. The molecule has 3 aliphatic heterocycles. The number of carbonyl (C=O) groups excluding carboxylic acids is 1. The number of esters is 1. The van der Waals surface area contributed by atoms with Gasteiger partial charge in [-0.3, -0.25) is 18.8 Å². The topological polar surface area (TPSA) is 256 Å². The Hall–Kier alpha value is -3.67. The number of aromatic amines is 1. The highest BCUT2D eigenvalue weighted by molar-refractivity contribution is 5.76. The molecular formula is C51H83N7O13. The third-order valence-electron chi connectivity index (χ3n) is 16.2. The number of cyclic esters (lactones) is 1. The van der Waals surface area contributed by atoms with E-state index in [1.165, 1.54) is 14.0 Å². The van der Waals surface area contributed by atoms with E-state index in [9.17, 15) is 39.9 Å². The number of aliphatic hydroxyl groups excluding tert-OH is 3. The fourth-order valence-corrected chi connectivity index (χ4v) is 11.8. The van der Waals surface area contributed by atoms with Gasteiger partial charge in [0.1, 0.15) is 30.0 Å². The molecule has 400 valence electrons. The molecule has 0 spiro atoms. The molecule has 3 fully saturated rings. The molecule has 0 saturated carbocycles. The Kier molecular flexibility index (Phi) is 18.2. The van der Waals surface area contributed by atoms with Gasteiger partial charge in [0.05, 0.1) is 71.2 Å². The first-order valence-corrected chi connectivity index (χ1v) is 25.5. The number of aliphatic hydroxyl groups is 5. The minimum absolute atomic E-state index is 0.0930. The summed E-state index contributed by atoms with van der Waals surface area (Å²) in [5.74, 6) is -3.24. The van der Waals surface area contributed by atoms with Gasteiger partial charge in [-0.25, -0.2) is 4.79 Å². The average Bonchev–Trinajstić information content (AvgIpc) is 3.77. The summed E-state index contributed by atoms with van der Waals surface area (Å²) in [6, 6.07) is 5.83. The maximum Gasteiger partial charge on any atom is 0.328 e. The maximum atomic E-state index is 14.6. The van der Waals surface area contributed by atoms with E-state index < -0.39 is 107 Å². The zero-order valence-electron chi connectivity index (χ0n) is 44.1. The number of para-hydroxylation sites is 1. The summed E-state index contributed by atoms with van der Waals surface area (Å²) in [6.45, 7) is 19.0. The highest BCUT2D eigenvalue weighted by Crippen LogP contribution is 2.45. The number of nitrogens with one attached hydrogen (secondary N) is 1. The molecule has 1 aromatic carbocycles. The summed E-state index contributed by atoms with van der Waals surface area (Å²) in [5, 5.41) is 69.1. The standard InChI is InChI=1S/C51H83N7O13/c1-14-39-51(10,66)42(60)32(6)56(12)26-28(2)24-49(8,65)44(30(4)40(31(5)46(63)70-39)38-25-50(9,67-13)43(61)33(7)69-38)71-47-41(59)37(23-29(3)68-47)55(11)20-19-34-27-57(54-53-34)21-22-58-45(62)35-17-15-16-18-36(35)52-48(58)64/h15-18,27-33,37-44,47,59-61,65-66H,14,19-26H2,1-13H3,(H,52,64)/t28-,29-,30+,31-,32-,33+,37+,38-,39-,40?,41-,42-,43+,44-,47+,49-,50-,51-/m1/s1. The van der Waals surface area contributed by atoms with Crippen molar-refractivity contribution >= 4 is 16.9 Å². The molecule has 20 nitrogen and oxygen atoms in total. The van der Waals surface area contributed by atoms with E-state index in [1.54, 1.807) is 76.7 Å². The van der Waals surface area contributed by atoms with Crippen molar-refractivity contribution < 1.29 is 54.0 Å². The van der Waals surface area contributed by atoms with E-state index in [0.717, 1.165) is 4.57 Å². The fourth-order valence-electron chi connectivity index (χ4n) is 11.8. The summed E-state index contributed by atoms with van der Waals surface area (Å²) in [5.41, 5.74) is -4.25. The number of carbonyl (C=O) groups is 1. The first-order chi connectivity index (χ1) is 33.2. The summed E-state index contributed by atoms with van der Waals surface area (Å²) in [7, 11) is 5.26. The number of fused-ring (bicyclic) bond motifs is 1. The largest absolute Gasteiger partial charge is 0.459 e. The number of benzene rings is 1. The summed E-state index contributed by atoms with van der Waals surface area (Å²) in [4.78, 5) is 47.1. The second kappa shape index (κ2) is 22.8. The van der Waals surface area contributed by atoms with Crippen molar-refractivity contribution in [3.8, 4) is 0 Å². The molecule has 6 rings (SSSR count). The van der Waals surface area contributed by atoms with Crippen molar-refractivity contribution in [2.75, 3.05) is 34.3 Å². The van der Waals surface area contributed by atoms with Crippen LogP contribution in [0.2, 0.25) is 0 Å². The van der Waals surface area contributed by atoms with Gasteiger partial charge in [-0.05, 0) is 98.9 Å². The number of rotatable bonds is 12. The van der Waals surface area contributed by atoms with Crippen LogP contribution in [-0.4, -0.2) is 184 Å². The van der Waals surface area contributed by atoms with E-state index in [0.29, 0.717) is 42.5 Å². The van der Waals surface area contributed by atoms with Crippen LogP contribution in [0.15, 0.2) is 40.1 Å². The van der Waals surface area contributed by atoms with Gasteiger partial charge in [0.25, 0.3) is 5.56 Å². The van der Waals surface area contributed by atoms with Crippen molar-refractivity contribution in [2.45, 2.75) is 198 Å². The molecule has 3 aromatic rings. The number of hydrogen-bond acceptors (Lipinski definition) is 17. The normalized spacial score (nSPS) is 39.5. The summed E-state index contributed by atoms with van der Waals surface area (Å²) >= 11 is 0. The Morgan fingerprint density at radius 3 is 2.32 bits per heavy atom. The van der Waals surface area contributed by atoms with Gasteiger partial charge in [0, 0.05) is 57.2 Å². The van der Waals surface area contributed by atoms with Gasteiger partial charge in [-0.2, -0.15) is 0 Å². The Bertz CT molecular complexity index is 2360. The van der Waals surface area contributed by atoms with Crippen LogP contribution < -0.4 is 11.2 Å². The lowest BCUT2D eigenvalue weighted by Gasteiger charge is -2.51. The number of likely N-dealkylation sites (N-methyl/N-ethyl adjacent to an activating group) is 2. The SMILES string of the molecule is CC[C@H]1OC(=O)[C@H](C)C([C@H]2C[C@@](C)(OC)[C@@H](O)[C@H](C)O2)[C@H](C)[C@@H](O[C@@H]2O[C@H](C)C[C@H](N(C)CCc3cn(CCn4c(=O)[nH]c5ccccc5c4=O)nn3)[C@H]2O)[C@](C)(O)C[C@@H](C)CN(C)[C@H](C)[C@@H](O)[C@]1(C)O. The molecule has 0 bridgehead atoms. The molecule has 0 aliphatic carbocycles. The van der Waals surface area contributed by atoms with Gasteiger partial charge in [0.15, 0.2) is 6.29 Å². The molecule has 3 saturated heterocycles. The lowest BCUT2D eigenvalue weighted by molar-refractivity contribution is -0.302. The highest BCUT2D eigenvalue weighted by Gasteiger charge is 2.55. The number of ether oxygens (including phenoxy) is 5. The van der Waals surface area contributed by atoms with Gasteiger partial charge in [-0.15, -0.1) is 5.10 Å². The van der Waals surface area contributed by atoms with E-state index in [4.69, 9.17) is 23.7 Å². The number of nitrogens with zero attached hydrogens (tertiary/aromatic N) is 6. The van der Waals surface area contributed by atoms with Crippen molar-refractivity contribution in [3.05, 3.63) is 57.0 Å². The quantitative estimate of drug-likeness (QED) is 0.142. The number of H-pyrrole nitrogens is 1. The minimum atomic E-state index is -1.83. The Morgan fingerprint density at radius 1 is 0.958 bits per heavy atom. The third-order valence-corrected chi connectivity index (χ3v) is 16.2. The van der Waals surface area contributed by atoms with Gasteiger partial charge in [-0.1, -0.05) is 45.0 Å². The highest BCUT2D eigenvalue weighted by atomic mass is 16.7. The molecule has 1 unspecified atom stereocenters. The molecular weight excluding hydrogens is 919 g/mol. The number of methoxy groups -OCH3 is 1. The summed E-state index contributed by atoms with van der Waals surface area (Å²) < 4.78 is 34.9. The van der Waals surface area contributed by atoms with Crippen LogP contribution in [0.5, 0.6) is 0 Å². The van der Waals surface area contributed by atoms with Crippen LogP contribution >= 0.6 is 0 Å². The number of aryl methyl sites for hydroxylation is 1. The van der Waals surface area contributed by atoms with Crippen molar-refractivity contribution in [2.24, 2.45) is 23.7 Å². The molecule has 3 aliphatic rings. The van der Waals surface area contributed by atoms with Crippen LogP contribution in [0.3, 0.4) is 0 Å². The van der Waals surface area contributed by atoms with Crippen LogP contribution in [0, 0.1) is 23.7 Å². The Labute approximate surface area is 417 Å². The monoisotopic (exact) mass is 1000 g/mol. The summed E-state index contributed by atoms with van der Waals surface area (Å²) in [6.07, 6.45) is -5.42. The number of hydrogen-bond donors (Lipinski definition) is 6. The lowest BCUT2D eigenvalue weighted by Crippen LogP contribution is -2.62. The van der Waals surface area contributed by atoms with Crippen molar-refractivity contribution in [3.63, 3.8) is 0 Å². The molecule has 20 heteroatoms. The maximum absolute atomic E-state index is 14.6. The van der Waals surface area contributed by atoms with Crippen LogP contribution in [0.1, 0.15) is 101 Å². The molecule has 0 radical (unpaired) electrons. The van der Waals surface area contributed by atoms with Crippen molar-refractivity contribution in [1.29, 1.82) is 0 Å². The predicted molar refractivity (Wildman–Crippen MR) is 264 cm³/mol. The van der Waals surface area contributed by atoms with E-state index in [-0.39, 0.29) is 49.9 Å².